The van der Waals surface area contributed by atoms with Crippen molar-refractivity contribution in [3.63, 3.8) is 0 Å². The first kappa shape index (κ1) is 32.4. The van der Waals surface area contributed by atoms with Gasteiger partial charge in [-0.25, -0.2) is 14.4 Å². The summed E-state index contributed by atoms with van der Waals surface area (Å²) in [6.45, 7) is 7.27. The van der Waals surface area contributed by atoms with Gasteiger partial charge in [0.25, 0.3) is 0 Å². The molecule has 0 fully saturated rings. The van der Waals surface area contributed by atoms with Crippen molar-refractivity contribution in [2.24, 2.45) is 0 Å². The molecule has 0 heterocycles. The van der Waals surface area contributed by atoms with E-state index in [0.717, 1.165) is 34.9 Å². The second kappa shape index (κ2) is 17.6. The molecule has 0 aromatic heterocycles. The van der Waals surface area contributed by atoms with E-state index in [0.29, 0.717) is 31.1 Å². The molecule has 3 rings (SSSR count). The standard InChI is InChI=1S/C34H34O9/c1-3-32(36)41-21-5-4-20-39-29-13-11-28(12-14-29)27-9-6-26(7-10-27)8-19-33(37)43-31-17-15-30(16-18-31)40-22-23-42-34(38)25(2)24-35/h3,6-19,35H,1-2,4-5,20-24H2/b19-8+. The van der Waals surface area contributed by atoms with Crippen LogP contribution in [0.5, 0.6) is 17.2 Å². The lowest BCUT2D eigenvalue weighted by molar-refractivity contribution is -0.140. The number of aliphatic hydroxyl groups is 1. The van der Waals surface area contributed by atoms with Crippen LogP contribution in [-0.4, -0.2) is 56.0 Å². The molecule has 0 saturated heterocycles. The van der Waals surface area contributed by atoms with Gasteiger partial charge < -0.3 is 28.8 Å². The summed E-state index contributed by atoms with van der Waals surface area (Å²) in [7, 11) is 0. The van der Waals surface area contributed by atoms with E-state index < -0.39 is 24.5 Å². The number of rotatable bonds is 17. The Balaban J connectivity index is 1.39. The molecule has 0 aliphatic rings. The summed E-state index contributed by atoms with van der Waals surface area (Å²) in [6.07, 6.45) is 5.65. The van der Waals surface area contributed by atoms with Gasteiger partial charge in [-0.05, 0) is 72.0 Å². The maximum Gasteiger partial charge on any atom is 0.336 e. The van der Waals surface area contributed by atoms with Gasteiger partial charge in [0.2, 0.25) is 0 Å². The number of unbranched alkanes of at least 4 members (excludes halogenated alkanes) is 1. The second-order valence-electron chi connectivity index (χ2n) is 9.05. The molecule has 43 heavy (non-hydrogen) atoms. The van der Waals surface area contributed by atoms with Gasteiger partial charge in [0.15, 0.2) is 0 Å². The number of esters is 3. The zero-order valence-corrected chi connectivity index (χ0v) is 23.7. The summed E-state index contributed by atoms with van der Waals surface area (Å²) in [4.78, 5) is 34.7. The Morgan fingerprint density at radius 3 is 1.86 bits per heavy atom. The van der Waals surface area contributed by atoms with Crippen LogP contribution in [0.4, 0.5) is 0 Å². The first-order valence-corrected chi connectivity index (χ1v) is 13.6. The first-order valence-electron chi connectivity index (χ1n) is 13.6. The Labute approximate surface area is 250 Å². The van der Waals surface area contributed by atoms with Crippen molar-refractivity contribution < 1.29 is 43.2 Å². The molecule has 0 saturated carbocycles. The Kier molecular flexibility index (Phi) is 13.3. The lowest BCUT2D eigenvalue weighted by Gasteiger charge is -2.08. The molecule has 3 aromatic rings. The fourth-order valence-corrected chi connectivity index (χ4v) is 3.53. The monoisotopic (exact) mass is 586 g/mol. The van der Waals surface area contributed by atoms with Crippen molar-refractivity contribution in [2.75, 3.05) is 33.0 Å². The summed E-state index contributed by atoms with van der Waals surface area (Å²) in [6, 6.07) is 22.0. The van der Waals surface area contributed by atoms with Gasteiger partial charge in [-0.1, -0.05) is 49.6 Å². The fourth-order valence-electron chi connectivity index (χ4n) is 3.53. The Hall–Kier alpha value is -5.15. The van der Waals surface area contributed by atoms with E-state index in [4.69, 9.17) is 28.8 Å². The molecule has 0 aliphatic heterocycles. The average Bonchev–Trinajstić information content (AvgIpc) is 3.04. The highest BCUT2D eigenvalue weighted by atomic mass is 16.6. The van der Waals surface area contributed by atoms with E-state index in [9.17, 15) is 14.4 Å². The summed E-state index contributed by atoms with van der Waals surface area (Å²) in [5.74, 6) is 0.00138. The Morgan fingerprint density at radius 2 is 1.23 bits per heavy atom. The van der Waals surface area contributed by atoms with Crippen molar-refractivity contribution >= 4 is 24.0 Å². The Morgan fingerprint density at radius 1 is 0.674 bits per heavy atom. The predicted molar refractivity (Wildman–Crippen MR) is 162 cm³/mol. The van der Waals surface area contributed by atoms with E-state index in [2.05, 4.69) is 13.2 Å². The lowest BCUT2D eigenvalue weighted by atomic mass is 10.0. The second-order valence-corrected chi connectivity index (χ2v) is 9.05. The van der Waals surface area contributed by atoms with Gasteiger partial charge in [-0.2, -0.15) is 0 Å². The maximum absolute atomic E-state index is 12.3. The highest BCUT2D eigenvalue weighted by Gasteiger charge is 2.07. The molecule has 0 aliphatic carbocycles. The summed E-state index contributed by atoms with van der Waals surface area (Å²) in [5.41, 5.74) is 2.86. The number of hydrogen-bond donors (Lipinski definition) is 1. The van der Waals surface area contributed by atoms with Crippen molar-refractivity contribution in [3.05, 3.63) is 109 Å². The molecule has 1 N–H and O–H groups in total. The molecule has 0 atom stereocenters. The number of benzene rings is 3. The van der Waals surface area contributed by atoms with Gasteiger partial charge in [0.1, 0.15) is 30.5 Å². The lowest BCUT2D eigenvalue weighted by Crippen LogP contribution is -2.15. The number of ether oxygens (including phenoxy) is 5. The summed E-state index contributed by atoms with van der Waals surface area (Å²) in [5, 5.41) is 8.84. The normalized spacial score (nSPS) is 10.5. The number of hydrogen-bond acceptors (Lipinski definition) is 9. The number of carbonyl (C=O) groups excluding carboxylic acids is 3. The van der Waals surface area contributed by atoms with Gasteiger partial charge in [0.05, 0.1) is 25.4 Å². The molecule has 9 heteroatoms. The van der Waals surface area contributed by atoms with Gasteiger partial charge >= 0.3 is 17.9 Å². The number of carbonyl (C=O) groups is 3. The minimum atomic E-state index is -0.676. The molecular formula is C34H34O9. The minimum absolute atomic E-state index is 0.00189. The zero-order valence-electron chi connectivity index (χ0n) is 23.7. The third-order valence-corrected chi connectivity index (χ3v) is 5.84. The van der Waals surface area contributed by atoms with Crippen LogP contribution >= 0.6 is 0 Å². The van der Waals surface area contributed by atoms with Crippen LogP contribution in [0.15, 0.2) is 104 Å². The number of aliphatic hydroxyl groups excluding tert-OH is 1. The average molecular weight is 587 g/mol. The van der Waals surface area contributed by atoms with Gasteiger partial charge in [0, 0.05) is 12.2 Å². The quantitative estimate of drug-likeness (QED) is 0.0969. The Bertz CT molecular complexity index is 1390. The highest BCUT2D eigenvalue weighted by molar-refractivity contribution is 5.89. The molecule has 0 radical (unpaired) electrons. The van der Waals surface area contributed by atoms with Crippen molar-refractivity contribution in [3.8, 4) is 28.4 Å². The molecule has 0 bridgehead atoms. The molecule has 0 spiro atoms. The van der Waals surface area contributed by atoms with Gasteiger partial charge in [-0.3, -0.25) is 0 Å². The van der Waals surface area contributed by atoms with Crippen LogP contribution in [0.1, 0.15) is 18.4 Å². The van der Waals surface area contributed by atoms with Crippen molar-refractivity contribution in [1.29, 1.82) is 0 Å². The third-order valence-electron chi connectivity index (χ3n) is 5.84. The summed E-state index contributed by atoms with van der Waals surface area (Å²) >= 11 is 0. The zero-order chi connectivity index (χ0) is 30.9. The summed E-state index contributed by atoms with van der Waals surface area (Å²) < 4.78 is 26.4. The molecule has 3 aromatic carbocycles. The van der Waals surface area contributed by atoms with Crippen LogP contribution in [0.3, 0.4) is 0 Å². The van der Waals surface area contributed by atoms with Crippen LogP contribution in [-0.2, 0) is 23.9 Å². The minimum Gasteiger partial charge on any atom is -0.494 e. The van der Waals surface area contributed by atoms with E-state index >= 15 is 0 Å². The van der Waals surface area contributed by atoms with E-state index in [-0.39, 0.29) is 18.8 Å². The van der Waals surface area contributed by atoms with E-state index in [1.807, 2.05) is 48.5 Å². The molecule has 0 amide bonds. The van der Waals surface area contributed by atoms with Crippen LogP contribution in [0, 0.1) is 0 Å². The molecule has 224 valence electrons. The SMILES string of the molecule is C=CC(=O)OCCCCOc1ccc(-c2ccc(/C=C/C(=O)Oc3ccc(OCCOC(=O)C(=C)CO)cc3)cc2)cc1. The van der Waals surface area contributed by atoms with Crippen LogP contribution in [0.25, 0.3) is 17.2 Å². The van der Waals surface area contributed by atoms with Crippen LogP contribution < -0.4 is 14.2 Å². The van der Waals surface area contributed by atoms with Crippen molar-refractivity contribution in [1.82, 2.24) is 0 Å². The fraction of sp³-hybridized carbons (Fsp3) is 0.206. The van der Waals surface area contributed by atoms with Crippen LogP contribution in [0.2, 0.25) is 0 Å². The highest BCUT2D eigenvalue weighted by Crippen LogP contribution is 2.23. The van der Waals surface area contributed by atoms with E-state index in [1.54, 1.807) is 30.3 Å². The molecule has 9 nitrogen and oxygen atoms in total. The molecular weight excluding hydrogens is 552 g/mol. The smallest absolute Gasteiger partial charge is 0.336 e. The topological polar surface area (TPSA) is 118 Å². The largest absolute Gasteiger partial charge is 0.494 e. The van der Waals surface area contributed by atoms with E-state index in [1.165, 1.54) is 6.08 Å². The predicted octanol–water partition coefficient (Wildman–Crippen LogP) is 5.33. The molecule has 0 unspecified atom stereocenters. The maximum atomic E-state index is 12.3. The van der Waals surface area contributed by atoms with Crippen molar-refractivity contribution in [2.45, 2.75) is 12.8 Å². The third kappa shape index (κ3) is 11.7. The van der Waals surface area contributed by atoms with Gasteiger partial charge in [-0.15, -0.1) is 0 Å². The first-order chi connectivity index (χ1) is 20.9.